The molecular formula is C20H28O2. The van der Waals surface area contributed by atoms with Crippen molar-refractivity contribution in [2.75, 3.05) is 0 Å². The quantitative estimate of drug-likeness (QED) is 0.667. The molecule has 0 aromatic rings. The number of fused-ring (bicyclic) bond motifs is 5. The smallest absolute Gasteiger partial charge is 0.155 e. The first-order valence-electron chi connectivity index (χ1n) is 9.12. The normalized spacial score (nSPS) is 51.0. The Bertz CT molecular complexity index is 574. The van der Waals surface area contributed by atoms with Gasteiger partial charge in [0.05, 0.1) is 0 Å². The summed E-state index contributed by atoms with van der Waals surface area (Å²) in [6.07, 6.45) is 9.24. The Morgan fingerprint density at radius 2 is 1.82 bits per heavy atom. The average molecular weight is 300 g/mol. The van der Waals surface area contributed by atoms with Crippen LogP contribution in [0.1, 0.15) is 65.7 Å². The maximum atomic E-state index is 12.4. The summed E-state index contributed by atoms with van der Waals surface area (Å²) < 4.78 is 0. The van der Waals surface area contributed by atoms with Crippen molar-refractivity contribution in [2.24, 2.45) is 34.5 Å². The van der Waals surface area contributed by atoms with Gasteiger partial charge in [0, 0.05) is 18.3 Å². The van der Waals surface area contributed by atoms with Crippen LogP contribution < -0.4 is 0 Å². The fourth-order valence-corrected chi connectivity index (χ4v) is 6.83. The molecule has 0 radical (unpaired) electrons. The SMILES string of the molecule is CC1=CC(=O)CC2CC[C@@H]3[C@@H](CC[C@]4(C)C(=O)CC[C@@H]34)[C@@]12C. The van der Waals surface area contributed by atoms with E-state index in [2.05, 4.69) is 20.8 Å². The molecule has 0 saturated heterocycles. The summed E-state index contributed by atoms with van der Waals surface area (Å²) in [4.78, 5) is 24.4. The Morgan fingerprint density at radius 3 is 2.59 bits per heavy atom. The van der Waals surface area contributed by atoms with Gasteiger partial charge < -0.3 is 0 Å². The number of carbonyl (C=O) groups excluding carboxylic acids is 2. The first-order valence-corrected chi connectivity index (χ1v) is 9.12. The van der Waals surface area contributed by atoms with E-state index in [0.717, 1.165) is 25.7 Å². The van der Waals surface area contributed by atoms with E-state index in [1.165, 1.54) is 24.8 Å². The monoisotopic (exact) mass is 300 g/mol. The number of Topliss-reactive ketones (excluding diaryl/α,β-unsaturated/α-hetero) is 1. The van der Waals surface area contributed by atoms with Crippen molar-refractivity contribution in [3.05, 3.63) is 11.6 Å². The van der Waals surface area contributed by atoms with Crippen LogP contribution in [0.2, 0.25) is 0 Å². The Hall–Kier alpha value is -0.920. The van der Waals surface area contributed by atoms with Crippen LogP contribution in [0.5, 0.6) is 0 Å². The van der Waals surface area contributed by atoms with Crippen molar-refractivity contribution in [3.8, 4) is 0 Å². The minimum Gasteiger partial charge on any atom is -0.299 e. The van der Waals surface area contributed by atoms with Crippen molar-refractivity contribution in [1.82, 2.24) is 0 Å². The standard InChI is InChI=1S/C20H28O2/c1-12-10-14(21)11-13-4-5-15-16-6-7-18(22)19(16,2)9-8-17(15)20(12,13)3/h10,13,15-17H,4-9,11H2,1-3H3/t13?,15-,16-,17+,19-,20-/m0/s1. The van der Waals surface area contributed by atoms with E-state index in [9.17, 15) is 9.59 Å². The van der Waals surface area contributed by atoms with Crippen LogP contribution in [0.25, 0.3) is 0 Å². The van der Waals surface area contributed by atoms with Crippen LogP contribution >= 0.6 is 0 Å². The molecule has 4 aliphatic carbocycles. The third-order valence-corrected chi connectivity index (χ3v) is 8.29. The lowest BCUT2D eigenvalue weighted by Crippen LogP contribution is -2.53. The van der Waals surface area contributed by atoms with Gasteiger partial charge in [0.25, 0.3) is 0 Å². The molecule has 6 atom stereocenters. The Balaban J connectivity index is 1.73. The zero-order valence-electron chi connectivity index (χ0n) is 14.2. The Kier molecular flexibility index (Phi) is 3.03. The second-order valence-electron chi connectivity index (χ2n) is 8.85. The molecule has 3 fully saturated rings. The molecule has 0 heterocycles. The highest BCUT2D eigenvalue weighted by atomic mass is 16.1. The Labute approximate surface area is 133 Å². The van der Waals surface area contributed by atoms with Crippen molar-refractivity contribution < 1.29 is 9.59 Å². The van der Waals surface area contributed by atoms with Crippen molar-refractivity contribution >= 4 is 11.6 Å². The molecule has 3 saturated carbocycles. The molecule has 0 amide bonds. The number of allylic oxidation sites excluding steroid dienone is 2. The van der Waals surface area contributed by atoms with Crippen LogP contribution in [-0.4, -0.2) is 11.6 Å². The van der Waals surface area contributed by atoms with E-state index < -0.39 is 0 Å². The fourth-order valence-electron chi connectivity index (χ4n) is 6.83. The predicted octanol–water partition coefficient (Wildman–Crippen LogP) is 4.33. The van der Waals surface area contributed by atoms with Crippen LogP contribution in [0.3, 0.4) is 0 Å². The number of carbonyl (C=O) groups is 2. The van der Waals surface area contributed by atoms with Gasteiger partial charge in [-0.15, -0.1) is 0 Å². The minimum absolute atomic E-state index is 0.0352. The van der Waals surface area contributed by atoms with Gasteiger partial charge in [-0.25, -0.2) is 0 Å². The number of ketones is 2. The first kappa shape index (κ1) is 14.7. The molecule has 0 aromatic heterocycles. The van der Waals surface area contributed by atoms with E-state index >= 15 is 0 Å². The highest BCUT2D eigenvalue weighted by Gasteiger charge is 2.60. The van der Waals surface area contributed by atoms with Gasteiger partial charge in [-0.3, -0.25) is 9.59 Å². The van der Waals surface area contributed by atoms with E-state index in [1.54, 1.807) is 0 Å². The zero-order valence-corrected chi connectivity index (χ0v) is 14.2. The molecule has 4 aliphatic rings. The molecule has 0 bridgehead atoms. The van der Waals surface area contributed by atoms with Gasteiger partial charge >= 0.3 is 0 Å². The lowest BCUT2D eigenvalue weighted by atomic mass is 9.45. The van der Waals surface area contributed by atoms with Gasteiger partial charge in [0.15, 0.2) is 5.78 Å². The zero-order chi connectivity index (χ0) is 15.7. The van der Waals surface area contributed by atoms with Crippen molar-refractivity contribution in [3.63, 3.8) is 0 Å². The molecule has 2 nitrogen and oxygen atoms in total. The third kappa shape index (κ3) is 1.67. The Morgan fingerprint density at radius 1 is 1.05 bits per heavy atom. The number of hydrogen-bond donors (Lipinski definition) is 0. The van der Waals surface area contributed by atoms with Gasteiger partial charge in [-0.1, -0.05) is 19.4 Å². The summed E-state index contributed by atoms with van der Waals surface area (Å²) in [6.45, 7) is 6.84. The summed E-state index contributed by atoms with van der Waals surface area (Å²) in [6, 6.07) is 0. The van der Waals surface area contributed by atoms with Crippen molar-refractivity contribution in [1.29, 1.82) is 0 Å². The number of hydrogen-bond acceptors (Lipinski definition) is 2. The molecular weight excluding hydrogens is 272 g/mol. The van der Waals surface area contributed by atoms with E-state index in [-0.39, 0.29) is 10.8 Å². The summed E-state index contributed by atoms with van der Waals surface area (Å²) in [5.74, 6) is 3.36. The predicted molar refractivity (Wildman–Crippen MR) is 86.3 cm³/mol. The molecule has 0 aromatic carbocycles. The van der Waals surface area contributed by atoms with Crippen LogP contribution in [-0.2, 0) is 9.59 Å². The van der Waals surface area contributed by atoms with E-state index in [0.29, 0.717) is 35.2 Å². The van der Waals surface area contributed by atoms with Crippen molar-refractivity contribution in [2.45, 2.75) is 65.7 Å². The highest BCUT2D eigenvalue weighted by molar-refractivity contribution is 5.92. The van der Waals surface area contributed by atoms with E-state index in [4.69, 9.17) is 0 Å². The second-order valence-corrected chi connectivity index (χ2v) is 8.85. The minimum atomic E-state index is -0.0352. The first-order chi connectivity index (χ1) is 10.4. The molecule has 1 unspecified atom stereocenters. The maximum Gasteiger partial charge on any atom is 0.155 e. The van der Waals surface area contributed by atoms with Gasteiger partial charge in [0.2, 0.25) is 0 Å². The molecule has 0 spiro atoms. The van der Waals surface area contributed by atoms with Gasteiger partial charge in [0.1, 0.15) is 5.78 Å². The lowest BCUT2D eigenvalue weighted by Gasteiger charge is -2.59. The summed E-state index contributed by atoms with van der Waals surface area (Å²) in [7, 11) is 0. The maximum absolute atomic E-state index is 12.4. The highest BCUT2D eigenvalue weighted by Crippen LogP contribution is 2.65. The fraction of sp³-hybridized carbons (Fsp3) is 0.800. The third-order valence-electron chi connectivity index (χ3n) is 8.29. The van der Waals surface area contributed by atoms with Gasteiger partial charge in [-0.2, -0.15) is 0 Å². The largest absolute Gasteiger partial charge is 0.299 e. The van der Waals surface area contributed by atoms with Crippen LogP contribution in [0.4, 0.5) is 0 Å². The molecule has 4 rings (SSSR count). The summed E-state index contributed by atoms with van der Waals surface area (Å²) in [5, 5.41) is 0. The topological polar surface area (TPSA) is 34.1 Å². The summed E-state index contributed by atoms with van der Waals surface area (Å²) in [5.41, 5.74) is 1.48. The van der Waals surface area contributed by atoms with Gasteiger partial charge in [-0.05, 0) is 74.2 Å². The van der Waals surface area contributed by atoms with Crippen LogP contribution in [0.15, 0.2) is 11.6 Å². The summed E-state index contributed by atoms with van der Waals surface area (Å²) >= 11 is 0. The molecule has 2 heteroatoms. The molecule has 0 aliphatic heterocycles. The van der Waals surface area contributed by atoms with E-state index in [1.807, 2.05) is 6.08 Å². The molecule has 0 N–H and O–H groups in total. The molecule has 22 heavy (non-hydrogen) atoms. The molecule has 120 valence electrons. The van der Waals surface area contributed by atoms with Crippen LogP contribution in [0, 0.1) is 34.5 Å². The second kappa shape index (κ2) is 4.55. The lowest BCUT2D eigenvalue weighted by molar-refractivity contribution is -0.135. The number of rotatable bonds is 0. The average Bonchev–Trinajstić information content (AvgIpc) is 2.77.